The van der Waals surface area contributed by atoms with Gasteiger partial charge in [0.1, 0.15) is 5.82 Å². The zero-order chi connectivity index (χ0) is 22.0. The van der Waals surface area contributed by atoms with Gasteiger partial charge in [-0.3, -0.25) is 9.30 Å². The second-order valence-electron chi connectivity index (χ2n) is 8.73. The number of likely N-dealkylation sites (tertiary alicyclic amines) is 1. The average Bonchev–Trinajstić information content (AvgIpc) is 3.57. The molecule has 6 rings (SSSR count). The molecule has 164 valence electrons. The fourth-order valence-electron chi connectivity index (χ4n) is 4.79. The molecule has 1 N–H and O–H groups in total. The van der Waals surface area contributed by atoms with Gasteiger partial charge in [-0.15, -0.1) is 0 Å². The standard InChI is InChI=1S/C27H26N6/c1-2-4-21(5-3-1)24-19-33-17-14-30-27(33)31-25(24)22-8-6-20(7-9-22)18-32-15-10-23(11-16-32)26-28-12-13-29-26/h1-9,12-14,17,19,23H,10-11,15-16,18H2,(H,28,29). The molecule has 6 nitrogen and oxygen atoms in total. The molecular weight excluding hydrogens is 408 g/mol. The summed E-state index contributed by atoms with van der Waals surface area (Å²) in [6.45, 7) is 3.18. The maximum Gasteiger partial charge on any atom is 0.234 e. The van der Waals surface area contributed by atoms with Crippen molar-refractivity contribution in [1.29, 1.82) is 0 Å². The lowest BCUT2D eigenvalue weighted by molar-refractivity contribution is 0.202. The number of rotatable bonds is 5. The van der Waals surface area contributed by atoms with Crippen LogP contribution in [0.5, 0.6) is 0 Å². The molecular formula is C27H26N6. The van der Waals surface area contributed by atoms with Gasteiger partial charge in [0.2, 0.25) is 5.78 Å². The van der Waals surface area contributed by atoms with Gasteiger partial charge in [-0.05, 0) is 37.1 Å². The van der Waals surface area contributed by atoms with Crippen LogP contribution in [0.2, 0.25) is 0 Å². The van der Waals surface area contributed by atoms with Crippen LogP contribution in [0.4, 0.5) is 0 Å². The van der Waals surface area contributed by atoms with Crippen molar-refractivity contribution in [3.63, 3.8) is 0 Å². The zero-order valence-corrected chi connectivity index (χ0v) is 18.4. The smallest absolute Gasteiger partial charge is 0.234 e. The first kappa shape index (κ1) is 19.9. The van der Waals surface area contributed by atoms with Crippen LogP contribution in [-0.4, -0.2) is 42.3 Å². The van der Waals surface area contributed by atoms with Gasteiger partial charge in [-0.2, -0.15) is 0 Å². The monoisotopic (exact) mass is 434 g/mol. The summed E-state index contributed by atoms with van der Waals surface area (Å²) in [5, 5.41) is 0. The van der Waals surface area contributed by atoms with E-state index in [1.165, 1.54) is 5.56 Å². The highest BCUT2D eigenvalue weighted by Crippen LogP contribution is 2.31. The van der Waals surface area contributed by atoms with E-state index in [0.29, 0.717) is 11.7 Å². The van der Waals surface area contributed by atoms with E-state index in [0.717, 1.165) is 60.7 Å². The Balaban J connectivity index is 1.22. The van der Waals surface area contributed by atoms with Crippen LogP contribution in [0.15, 0.2) is 85.6 Å². The topological polar surface area (TPSA) is 62.1 Å². The van der Waals surface area contributed by atoms with Crippen molar-refractivity contribution in [2.24, 2.45) is 0 Å². The lowest BCUT2D eigenvalue weighted by Gasteiger charge is -2.31. The number of hydrogen-bond acceptors (Lipinski definition) is 4. The Kier molecular flexibility index (Phi) is 5.20. The largest absolute Gasteiger partial charge is 0.348 e. The van der Waals surface area contributed by atoms with Gasteiger partial charge >= 0.3 is 0 Å². The highest BCUT2D eigenvalue weighted by Gasteiger charge is 2.22. The Labute approximate surface area is 193 Å². The molecule has 0 spiro atoms. The molecule has 6 heteroatoms. The predicted octanol–water partition coefficient (Wildman–Crippen LogP) is 5.17. The van der Waals surface area contributed by atoms with E-state index < -0.39 is 0 Å². The molecule has 1 fully saturated rings. The first-order valence-electron chi connectivity index (χ1n) is 11.5. The molecule has 0 saturated carbocycles. The van der Waals surface area contributed by atoms with Gasteiger partial charge in [0.25, 0.3) is 0 Å². The third-order valence-corrected chi connectivity index (χ3v) is 6.60. The van der Waals surface area contributed by atoms with Crippen molar-refractivity contribution >= 4 is 5.78 Å². The molecule has 3 aromatic heterocycles. The highest BCUT2D eigenvalue weighted by atomic mass is 15.1. The van der Waals surface area contributed by atoms with E-state index in [4.69, 9.17) is 4.98 Å². The minimum absolute atomic E-state index is 0.554. The molecule has 1 aliphatic heterocycles. The lowest BCUT2D eigenvalue weighted by Crippen LogP contribution is -2.32. The van der Waals surface area contributed by atoms with E-state index in [1.54, 1.807) is 6.20 Å². The average molecular weight is 435 g/mol. The first-order chi connectivity index (χ1) is 16.3. The van der Waals surface area contributed by atoms with Gasteiger partial charge in [0, 0.05) is 54.6 Å². The number of nitrogens with zero attached hydrogens (tertiary/aromatic N) is 5. The number of piperidine rings is 1. The van der Waals surface area contributed by atoms with Crippen LogP contribution in [-0.2, 0) is 6.54 Å². The number of aromatic nitrogens is 5. The van der Waals surface area contributed by atoms with E-state index >= 15 is 0 Å². The van der Waals surface area contributed by atoms with Crippen LogP contribution in [0.25, 0.3) is 28.2 Å². The van der Waals surface area contributed by atoms with Crippen LogP contribution in [0, 0.1) is 0 Å². The molecule has 33 heavy (non-hydrogen) atoms. The molecule has 5 aromatic rings. The van der Waals surface area contributed by atoms with E-state index in [1.807, 2.05) is 29.1 Å². The second-order valence-corrected chi connectivity index (χ2v) is 8.73. The minimum atomic E-state index is 0.554. The van der Waals surface area contributed by atoms with Crippen molar-refractivity contribution in [2.75, 3.05) is 13.1 Å². The highest BCUT2D eigenvalue weighted by molar-refractivity contribution is 5.81. The number of benzene rings is 2. The quantitative estimate of drug-likeness (QED) is 0.415. The summed E-state index contributed by atoms with van der Waals surface area (Å²) in [5.41, 5.74) is 5.66. The summed E-state index contributed by atoms with van der Waals surface area (Å²) in [6, 6.07) is 19.3. The number of nitrogens with one attached hydrogen (secondary N) is 1. The third kappa shape index (κ3) is 4.05. The lowest BCUT2D eigenvalue weighted by atomic mass is 9.95. The minimum Gasteiger partial charge on any atom is -0.348 e. The maximum atomic E-state index is 4.89. The molecule has 0 radical (unpaired) electrons. The summed E-state index contributed by atoms with van der Waals surface area (Å²) < 4.78 is 1.98. The van der Waals surface area contributed by atoms with E-state index in [9.17, 15) is 0 Å². The Morgan fingerprint density at radius 3 is 2.45 bits per heavy atom. The SMILES string of the molecule is c1ccc(-c2cn3ccnc3nc2-c2ccc(CN3CCC(c4ncc[nH]4)CC3)cc2)cc1. The van der Waals surface area contributed by atoms with Crippen molar-refractivity contribution in [3.05, 3.63) is 97.0 Å². The fourth-order valence-corrected chi connectivity index (χ4v) is 4.79. The van der Waals surface area contributed by atoms with Crippen molar-refractivity contribution in [1.82, 2.24) is 29.2 Å². The van der Waals surface area contributed by atoms with Crippen molar-refractivity contribution < 1.29 is 0 Å². The summed E-state index contributed by atoms with van der Waals surface area (Å²) in [6.07, 6.45) is 11.9. The summed E-state index contributed by atoms with van der Waals surface area (Å²) >= 11 is 0. The normalized spacial score (nSPS) is 15.3. The van der Waals surface area contributed by atoms with E-state index in [-0.39, 0.29) is 0 Å². The van der Waals surface area contributed by atoms with Crippen LogP contribution in [0.1, 0.15) is 30.1 Å². The summed E-state index contributed by atoms with van der Waals surface area (Å²) in [5.74, 6) is 2.40. The van der Waals surface area contributed by atoms with Gasteiger partial charge in [0.15, 0.2) is 0 Å². The number of H-pyrrole nitrogens is 1. The molecule has 1 aliphatic rings. The van der Waals surface area contributed by atoms with Gasteiger partial charge in [-0.25, -0.2) is 15.0 Å². The first-order valence-corrected chi connectivity index (χ1v) is 11.5. The molecule has 0 unspecified atom stereocenters. The van der Waals surface area contributed by atoms with Gasteiger partial charge in [-0.1, -0.05) is 54.6 Å². The van der Waals surface area contributed by atoms with Crippen molar-refractivity contribution in [2.45, 2.75) is 25.3 Å². The number of hydrogen-bond donors (Lipinski definition) is 1. The van der Waals surface area contributed by atoms with Crippen LogP contribution in [0.3, 0.4) is 0 Å². The van der Waals surface area contributed by atoms with Gasteiger partial charge in [0.05, 0.1) is 5.69 Å². The zero-order valence-electron chi connectivity index (χ0n) is 18.4. The van der Waals surface area contributed by atoms with Gasteiger partial charge < -0.3 is 4.98 Å². The number of imidazole rings is 2. The van der Waals surface area contributed by atoms with E-state index in [2.05, 4.69) is 74.6 Å². The van der Waals surface area contributed by atoms with Crippen LogP contribution >= 0.6 is 0 Å². The Bertz CT molecular complexity index is 1330. The molecule has 2 aromatic carbocycles. The van der Waals surface area contributed by atoms with Crippen LogP contribution < -0.4 is 0 Å². The summed E-state index contributed by atoms with van der Waals surface area (Å²) in [7, 11) is 0. The summed E-state index contributed by atoms with van der Waals surface area (Å²) in [4.78, 5) is 19.6. The molecule has 0 aliphatic carbocycles. The third-order valence-electron chi connectivity index (χ3n) is 6.60. The predicted molar refractivity (Wildman–Crippen MR) is 130 cm³/mol. The molecule has 0 amide bonds. The molecule has 0 bridgehead atoms. The Hall–Kier alpha value is -3.77. The number of fused-ring (bicyclic) bond motifs is 1. The maximum absolute atomic E-state index is 4.89. The number of aromatic amines is 1. The second kappa shape index (κ2) is 8.64. The van der Waals surface area contributed by atoms with Crippen molar-refractivity contribution in [3.8, 4) is 22.4 Å². The Morgan fingerprint density at radius 1 is 0.879 bits per heavy atom. The fraction of sp³-hybridized carbons (Fsp3) is 0.222. The molecule has 0 atom stereocenters. The Morgan fingerprint density at radius 2 is 1.70 bits per heavy atom. The molecule has 1 saturated heterocycles. The molecule has 4 heterocycles.